The molecule has 0 saturated carbocycles. The van der Waals surface area contributed by atoms with Crippen LogP contribution in [-0.4, -0.2) is 21.3 Å². The summed E-state index contributed by atoms with van der Waals surface area (Å²) in [6, 6.07) is 6.00. The number of hydrogen-bond donors (Lipinski definition) is 2. The van der Waals surface area contributed by atoms with E-state index in [9.17, 15) is 9.18 Å². The Morgan fingerprint density at radius 2 is 2.33 bits per heavy atom. The van der Waals surface area contributed by atoms with E-state index in [2.05, 4.69) is 15.5 Å². The van der Waals surface area contributed by atoms with Crippen LogP contribution in [0.15, 0.2) is 29.1 Å². The third-order valence-electron chi connectivity index (χ3n) is 3.14. The van der Waals surface area contributed by atoms with Crippen LogP contribution in [0.3, 0.4) is 0 Å². The summed E-state index contributed by atoms with van der Waals surface area (Å²) in [5, 5.41) is 9.75. The van der Waals surface area contributed by atoms with Crippen molar-refractivity contribution in [3.8, 4) is 5.69 Å². The van der Waals surface area contributed by atoms with Crippen molar-refractivity contribution in [1.29, 1.82) is 0 Å². The number of rotatable bonds is 2. The zero-order valence-corrected chi connectivity index (χ0v) is 9.69. The lowest BCUT2D eigenvalue weighted by atomic mass is 10.2. The van der Waals surface area contributed by atoms with Gasteiger partial charge in [0.05, 0.1) is 11.7 Å². The molecule has 0 spiro atoms. The van der Waals surface area contributed by atoms with Gasteiger partial charge in [0.15, 0.2) is 5.82 Å². The molecule has 0 bridgehead atoms. The summed E-state index contributed by atoms with van der Waals surface area (Å²) in [5.74, 6) is 0.244. The highest BCUT2D eigenvalue weighted by Gasteiger charge is 2.23. The maximum atomic E-state index is 13.2. The van der Waals surface area contributed by atoms with Crippen LogP contribution in [0, 0.1) is 5.82 Å². The fraction of sp³-hybridized carbons (Fsp3) is 0.333. The summed E-state index contributed by atoms with van der Waals surface area (Å²) in [5.41, 5.74) is 0.154. The molecule has 0 radical (unpaired) electrons. The molecule has 1 saturated heterocycles. The lowest BCUT2D eigenvalue weighted by Crippen LogP contribution is -2.22. The molecule has 1 unspecified atom stereocenters. The molecule has 1 aliphatic heterocycles. The minimum Gasteiger partial charge on any atom is -0.307 e. The molecule has 1 fully saturated rings. The standard InChI is InChI=1S/C12H13FN4O/c13-8-3-1-4-9(7-8)17-11(15-16-12(17)18)10-5-2-6-14-10/h1,3-4,7,10,14H,2,5-6H2,(H,16,18). The van der Waals surface area contributed by atoms with E-state index in [4.69, 9.17) is 0 Å². The molecule has 0 aliphatic carbocycles. The summed E-state index contributed by atoms with van der Waals surface area (Å²) in [4.78, 5) is 11.8. The molecule has 3 rings (SSSR count). The Balaban J connectivity index is 2.10. The first-order valence-corrected chi connectivity index (χ1v) is 5.92. The number of H-pyrrole nitrogens is 1. The number of halogens is 1. The third kappa shape index (κ3) is 1.84. The third-order valence-corrected chi connectivity index (χ3v) is 3.14. The van der Waals surface area contributed by atoms with Crippen molar-refractivity contribution in [2.24, 2.45) is 0 Å². The Bertz CT molecular complexity index is 613. The van der Waals surface area contributed by atoms with Crippen molar-refractivity contribution in [2.75, 3.05) is 6.54 Å². The smallest absolute Gasteiger partial charge is 0.307 e. The average molecular weight is 248 g/mol. The van der Waals surface area contributed by atoms with Gasteiger partial charge in [0.1, 0.15) is 5.82 Å². The zero-order valence-electron chi connectivity index (χ0n) is 9.69. The number of nitrogens with zero attached hydrogens (tertiary/aromatic N) is 2. The monoisotopic (exact) mass is 248 g/mol. The number of nitrogens with one attached hydrogen (secondary N) is 2. The van der Waals surface area contributed by atoms with Crippen molar-refractivity contribution in [3.05, 3.63) is 46.4 Å². The molecule has 1 aliphatic rings. The highest BCUT2D eigenvalue weighted by Crippen LogP contribution is 2.22. The van der Waals surface area contributed by atoms with Crippen LogP contribution in [0.5, 0.6) is 0 Å². The molecule has 2 N–H and O–H groups in total. The van der Waals surface area contributed by atoms with Gasteiger partial charge in [0.25, 0.3) is 0 Å². The minimum atomic E-state index is -0.370. The van der Waals surface area contributed by atoms with Crippen LogP contribution in [-0.2, 0) is 0 Å². The molecule has 2 heterocycles. The quantitative estimate of drug-likeness (QED) is 0.837. The van der Waals surface area contributed by atoms with Crippen LogP contribution in [0.2, 0.25) is 0 Å². The predicted octanol–water partition coefficient (Wildman–Crippen LogP) is 1.12. The highest BCUT2D eigenvalue weighted by molar-refractivity contribution is 5.33. The fourth-order valence-corrected chi connectivity index (χ4v) is 2.31. The topological polar surface area (TPSA) is 62.7 Å². The molecule has 5 nitrogen and oxygen atoms in total. The summed E-state index contributed by atoms with van der Waals surface area (Å²) in [6.07, 6.45) is 1.98. The second-order valence-corrected chi connectivity index (χ2v) is 4.35. The maximum absolute atomic E-state index is 13.2. The van der Waals surface area contributed by atoms with E-state index in [-0.39, 0.29) is 17.5 Å². The highest BCUT2D eigenvalue weighted by atomic mass is 19.1. The number of aromatic nitrogens is 3. The van der Waals surface area contributed by atoms with Gasteiger partial charge in [-0.25, -0.2) is 18.9 Å². The van der Waals surface area contributed by atoms with Crippen LogP contribution in [0.4, 0.5) is 4.39 Å². The van der Waals surface area contributed by atoms with Crippen LogP contribution in [0.1, 0.15) is 24.7 Å². The Kier molecular flexibility index (Phi) is 2.71. The Morgan fingerprint density at radius 1 is 1.44 bits per heavy atom. The van der Waals surface area contributed by atoms with Gasteiger partial charge in [-0.1, -0.05) is 6.07 Å². The number of benzene rings is 1. The van der Waals surface area contributed by atoms with E-state index in [1.54, 1.807) is 12.1 Å². The average Bonchev–Trinajstić information content (AvgIpc) is 2.97. The van der Waals surface area contributed by atoms with Gasteiger partial charge in [0, 0.05) is 0 Å². The Hall–Kier alpha value is -1.95. The van der Waals surface area contributed by atoms with Crippen LogP contribution >= 0.6 is 0 Å². The van der Waals surface area contributed by atoms with Crippen molar-refractivity contribution in [2.45, 2.75) is 18.9 Å². The first-order valence-electron chi connectivity index (χ1n) is 5.92. The molecule has 6 heteroatoms. The predicted molar refractivity (Wildman–Crippen MR) is 64.1 cm³/mol. The van der Waals surface area contributed by atoms with Gasteiger partial charge < -0.3 is 5.32 Å². The summed E-state index contributed by atoms with van der Waals surface area (Å²) in [7, 11) is 0. The van der Waals surface area contributed by atoms with Gasteiger partial charge >= 0.3 is 5.69 Å². The Labute approximate surface area is 103 Å². The van der Waals surface area contributed by atoms with E-state index >= 15 is 0 Å². The van der Waals surface area contributed by atoms with E-state index in [0.29, 0.717) is 11.5 Å². The van der Waals surface area contributed by atoms with Crippen molar-refractivity contribution < 1.29 is 4.39 Å². The van der Waals surface area contributed by atoms with E-state index in [0.717, 1.165) is 19.4 Å². The van der Waals surface area contributed by atoms with Gasteiger partial charge in [-0.3, -0.25) is 0 Å². The first-order chi connectivity index (χ1) is 8.75. The van der Waals surface area contributed by atoms with Gasteiger partial charge in [-0.15, -0.1) is 0 Å². The van der Waals surface area contributed by atoms with Crippen molar-refractivity contribution in [1.82, 2.24) is 20.1 Å². The molecule has 1 atom stereocenters. The second kappa shape index (κ2) is 4.38. The number of hydrogen-bond acceptors (Lipinski definition) is 3. The minimum absolute atomic E-state index is 0.0483. The van der Waals surface area contributed by atoms with Crippen molar-refractivity contribution >= 4 is 0 Å². The van der Waals surface area contributed by atoms with E-state index in [1.807, 2.05) is 0 Å². The number of aromatic amines is 1. The lowest BCUT2D eigenvalue weighted by Gasteiger charge is -2.11. The largest absolute Gasteiger partial charge is 0.347 e. The van der Waals surface area contributed by atoms with Gasteiger partial charge in [-0.05, 0) is 37.6 Å². The molecule has 94 valence electrons. The second-order valence-electron chi connectivity index (χ2n) is 4.35. The molecular formula is C12H13FN4O. The first kappa shape index (κ1) is 11.2. The van der Waals surface area contributed by atoms with E-state index < -0.39 is 0 Å². The fourth-order valence-electron chi connectivity index (χ4n) is 2.31. The molecule has 2 aromatic rings. The maximum Gasteiger partial charge on any atom is 0.347 e. The molecule has 18 heavy (non-hydrogen) atoms. The zero-order chi connectivity index (χ0) is 12.5. The lowest BCUT2D eigenvalue weighted by molar-refractivity contribution is 0.588. The van der Waals surface area contributed by atoms with Crippen LogP contribution in [0.25, 0.3) is 5.69 Å². The molecule has 0 amide bonds. The Morgan fingerprint density at radius 3 is 3.06 bits per heavy atom. The summed E-state index contributed by atoms with van der Waals surface area (Å²) < 4.78 is 14.7. The summed E-state index contributed by atoms with van der Waals surface area (Å²) in [6.45, 7) is 0.912. The van der Waals surface area contributed by atoms with Gasteiger partial charge in [0.2, 0.25) is 0 Å². The van der Waals surface area contributed by atoms with E-state index in [1.165, 1.54) is 16.7 Å². The summed E-state index contributed by atoms with van der Waals surface area (Å²) >= 11 is 0. The van der Waals surface area contributed by atoms with Crippen molar-refractivity contribution in [3.63, 3.8) is 0 Å². The SMILES string of the molecule is O=c1[nH]nc(C2CCCN2)n1-c1cccc(F)c1. The molecule has 1 aromatic carbocycles. The molecular weight excluding hydrogens is 235 g/mol. The molecule has 1 aromatic heterocycles. The normalized spacial score (nSPS) is 19.3. The van der Waals surface area contributed by atoms with Gasteiger partial charge in [-0.2, -0.15) is 5.10 Å². The van der Waals surface area contributed by atoms with Crippen LogP contribution < -0.4 is 11.0 Å².